The number of aromatic nitrogens is 2. The van der Waals surface area contributed by atoms with Gasteiger partial charge in [-0.05, 0) is 11.4 Å². The quantitative estimate of drug-likeness (QED) is 0.537. The van der Waals surface area contributed by atoms with Crippen LogP contribution in [0.2, 0.25) is 0 Å². The smallest absolute Gasteiger partial charge is 0.330 e. The fourth-order valence-electron chi connectivity index (χ4n) is 0.781. The van der Waals surface area contributed by atoms with Gasteiger partial charge in [0.25, 0.3) is 5.89 Å². The number of thiophene rings is 1. The minimum atomic E-state index is 0.221. The highest BCUT2D eigenvalue weighted by Crippen LogP contribution is 2.23. The van der Waals surface area contributed by atoms with Gasteiger partial charge in [0.15, 0.2) is 0 Å². The predicted molar refractivity (Wildman–Crippen MR) is 45.4 cm³/mol. The van der Waals surface area contributed by atoms with Gasteiger partial charge < -0.3 is 4.42 Å². The van der Waals surface area contributed by atoms with Crippen molar-refractivity contribution >= 4 is 17.4 Å². The van der Waals surface area contributed by atoms with Gasteiger partial charge in [0, 0.05) is 0 Å². The van der Waals surface area contributed by atoms with E-state index in [1.165, 1.54) is 11.3 Å². The Balaban J connectivity index is 2.35. The molecule has 0 radical (unpaired) electrons. The molecule has 0 aliphatic rings. The Morgan fingerprint density at radius 3 is 3.00 bits per heavy atom. The third-order valence-corrected chi connectivity index (χ3v) is 2.14. The second-order valence-electron chi connectivity index (χ2n) is 2.03. The number of hydrogen-bond donors (Lipinski definition) is 2. The van der Waals surface area contributed by atoms with Crippen LogP contribution in [-0.2, 0) is 0 Å². The number of anilines is 1. The number of nitrogens with one attached hydrogen (secondary N) is 1. The number of hydrogen-bond acceptors (Lipinski definition) is 6. The molecule has 5 nitrogen and oxygen atoms in total. The third-order valence-electron chi connectivity index (χ3n) is 1.28. The topological polar surface area (TPSA) is 77.0 Å². The average Bonchev–Trinajstić information content (AvgIpc) is 2.75. The molecule has 12 heavy (non-hydrogen) atoms. The fraction of sp³-hybridized carbons (Fsp3) is 0. The van der Waals surface area contributed by atoms with E-state index in [4.69, 9.17) is 10.3 Å². The molecule has 6 heteroatoms. The Bertz CT molecular complexity index is 355. The first kappa shape index (κ1) is 7.26. The van der Waals surface area contributed by atoms with E-state index in [1.807, 2.05) is 17.5 Å². The lowest BCUT2D eigenvalue weighted by molar-refractivity contribution is 0.584. The van der Waals surface area contributed by atoms with Crippen molar-refractivity contribution in [1.29, 1.82) is 0 Å². The van der Waals surface area contributed by atoms with E-state index >= 15 is 0 Å². The van der Waals surface area contributed by atoms with Crippen molar-refractivity contribution in [2.24, 2.45) is 5.84 Å². The van der Waals surface area contributed by atoms with E-state index in [1.54, 1.807) is 0 Å². The van der Waals surface area contributed by atoms with Gasteiger partial charge in [0.05, 0.1) is 4.88 Å². The van der Waals surface area contributed by atoms with E-state index in [2.05, 4.69) is 15.6 Å². The van der Waals surface area contributed by atoms with E-state index in [0.29, 0.717) is 5.89 Å². The average molecular weight is 182 g/mol. The largest absolute Gasteiger partial charge is 0.402 e. The molecule has 0 bridgehead atoms. The molecule has 0 atom stereocenters. The van der Waals surface area contributed by atoms with E-state index in [0.717, 1.165) is 4.88 Å². The van der Waals surface area contributed by atoms with Crippen LogP contribution in [0.3, 0.4) is 0 Å². The summed E-state index contributed by atoms with van der Waals surface area (Å²) < 4.78 is 5.13. The van der Waals surface area contributed by atoms with Crippen molar-refractivity contribution in [3.05, 3.63) is 17.5 Å². The molecule has 2 rings (SSSR count). The van der Waals surface area contributed by atoms with Gasteiger partial charge in [-0.25, -0.2) is 5.84 Å². The van der Waals surface area contributed by atoms with Crippen LogP contribution < -0.4 is 11.3 Å². The normalized spacial score (nSPS) is 10.1. The molecule has 2 aromatic rings. The molecule has 0 fully saturated rings. The van der Waals surface area contributed by atoms with Crippen molar-refractivity contribution in [2.45, 2.75) is 0 Å². The summed E-state index contributed by atoms with van der Waals surface area (Å²) in [5.41, 5.74) is 2.27. The lowest BCUT2D eigenvalue weighted by Crippen LogP contribution is -2.06. The standard InChI is InChI=1S/C6H6N4OS/c7-8-6-10-9-5(11-6)4-2-1-3-12-4/h1-3H,7H2,(H,8,10). The molecule has 0 amide bonds. The molecule has 0 unspecified atom stereocenters. The summed E-state index contributed by atoms with van der Waals surface area (Å²) >= 11 is 1.53. The van der Waals surface area contributed by atoms with Crippen LogP contribution in [0.4, 0.5) is 6.01 Å². The van der Waals surface area contributed by atoms with Crippen molar-refractivity contribution in [1.82, 2.24) is 10.2 Å². The molecule has 0 aliphatic carbocycles. The Labute approximate surface area is 72.2 Å². The van der Waals surface area contributed by atoms with Crippen molar-refractivity contribution < 1.29 is 4.42 Å². The van der Waals surface area contributed by atoms with Gasteiger partial charge in [-0.2, -0.15) is 0 Å². The molecule has 0 aliphatic heterocycles. The predicted octanol–water partition coefficient (Wildman–Crippen LogP) is 1.08. The lowest BCUT2D eigenvalue weighted by Gasteiger charge is -1.86. The minimum Gasteiger partial charge on any atom is -0.402 e. The Morgan fingerprint density at radius 2 is 2.42 bits per heavy atom. The van der Waals surface area contributed by atoms with Crippen LogP contribution >= 0.6 is 11.3 Å². The summed E-state index contributed by atoms with van der Waals surface area (Å²) in [6.07, 6.45) is 0. The summed E-state index contributed by atoms with van der Waals surface area (Å²) in [7, 11) is 0. The highest BCUT2D eigenvalue weighted by Gasteiger charge is 2.06. The number of nitrogens with zero attached hydrogens (tertiary/aromatic N) is 2. The lowest BCUT2D eigenvalue weighted by atomic mass is 10.5. The van der Waals surface area contributed by atoms with Crippen LogP contribution in [0.5, 0.6) is 0 Å². The van der Waals surface area contributed by atoms with Crippen LogP contribution in [0.25, 0.3) is 10.8 Å². The first-order chi connectivity index (χ1) is 5.90. The van der Waals surface area contributed by atoms with Gasteiger partial charge in [-0.15, -0.1) is 16.4 Å². The molecular weight excluding hydrogens is 176 g/mol. The monoisotopic (exact) mass is 182 g/mol. The Kier molecular flexibility index (Phi) is 1.77. The molecule has 2 heterocycles. The zero-order valence-electron chi connectivity index (χ0n) is 6.02. The molecule has 62 valence electrons. The zero-order chi connectivity index (χ0) is 8.39. The summed E-state index contributed by atoms with van der Waals surface area (Å²) in [5, 5.41) is 9.36. The Hall–Kier alpha value is -1.40. The van der Waals surface area contributed by atoms with Gasteiger partial charge in [0.1, 0.15) is 0 Å². The van der Waals surface area contributed by atoms with E-state index < -0.39 is 0 Å². The van der Waals surface area contributed by atoms with E-state index in [9.17, 15) is 0 Å². The number of nitrogens with two attached hydrogens (primary N) is 1. The molecule has 3 N–H and O–H groups in total. The maximum Gasteiger partial charge on any atom is 0.330 e. The van der Waals surface area contributed by atoms with Crippen LogP contribution in [0, 0.1) is 0 Å². The Morgan fingerprint density at radius 1 is 1.50 bits per heavy atom. The number of rotatable bonds is 2. The first-order valence-electron chi connectivity index (χ1n) is 3.24. The fourth-order valence-corrected chi connectivity index (χ4v) is 1.43. The van der Waals surface area contributed by atoms with Crippen LogP contribution in [-0.4, -0.2) is 10.2 Å². The van der Waals surface area contributed by atoms with Crippen LogP contribution in [0.1, 0.15) is 0 Å². The molecule has 0 saturated heterocycles. The van der Waals surface area contributed by atoms with Gasteiger partial charge in [0.2, 0.25) is 0 Å². The number of nitrogen functional groups attached to an aromatic ring is 1. The summed E-state index contributed by atoms with van der Waals surface area (Å²) in [5.74, 6) is 5.56. The van der Waals surface area contributed by atoms with Crippen LogP contribution in [0.15, 0.2) is 21.9 Å². The van der Waals surface area contributed by atoms with Crippen molar-refractivity contribution in [3.63, 3.8) is 0 Å². The summed E-state index contributed by atoms with van der Waals surface area (Å²) in [4.78, 5) is 0.934. The maximum atomic E-state index is 5.13. The molecular formula is C6H6N4OS. The zero-order valence-corrected chi connectivity index (χ0v) is 6.84. The molecule has 0 aromatic carbocycles. The number of hydrazine groups is 1. The second kappa shape index (κ2) is 2.92. The van der Waals surface area contributed by atoms with Gasteiger partial charge in [-0.1, -0.05) is 11.2 Å². The van der Waals surface area contributed by atoms with Gasteiger partial charge in [-0.3, -0.25) is 5.43 Å². The summed E-state index contributed by atoms with van der Waals surface area (Å²) in [6, 6.07) is 4.04. The first-order valence-corrected chi connectivity index (χ1v) is 4.12. The van der Waals surface area contributed by atoms with Crippen molar-refractivity contribution in [2.75, 3.05) is 5.43 Å². The SMILES string of the molecule is NNc1nnc(-c2cccs2)o1. The second-order valence-corrected chi connectivity index (χ2v) is 2.98. The van der Waals surface area contributed by atoms with E-state index in [-0.39, 0.29) is 6.01 Å². The molecule has 0 saturated carbocycles. The molecule has 2 aromatic heterocycles. The maximum absolute atomic E-state index is 5.13. The van der Waals surface area contributed by atoms with Crippen molar-refractivity contribution in [3.8, 4) is 10.8 Å². The highest BCUT2D eigenvalue weighted by molar-refractivity contribution is 7.13. The summed E-state index contributed by atoms with van der Waals surface area (Å²) in [6.45, 7) is 0. The third kappa shape index (κ3) is 1.17. The highest BCUT2D eigenvalue weighted by atomic mass is 32.1. The molecule has 0 spiro atoms. The minimum absolute atomic E-state index is 0.221. The van der Waals surface area contributed by atoms with Gasteiger partial charge >= 0.3 is 6.01 Å².